The molecule has 0 unspecified atom stereocenters. The summed E-state index contributed by atoms with van der Waals surface area (Å²) in [4.78, 5) is 0. The molecule has 2 saturated heterocycles. The molecule has 0 radical (unpaired) electrons. The van der Waals surface area contributed by atoms with Crippen molar-refractivity contribution in [1.29, 1.82) is 0 Å². The third-order valence-electron chi connectivity index (χ3n) is 4.64. The molecule has 1 N–H and O–H groups in total. The Morgan fingerprint density at radius 3 is 2.64 bits per heavy atom. The number of hydrogen-bond donors (Lipinski definition) is 1. The van der Waals surface area contributed by atoms with Crippen LogP contribution in [0.15, 0.2) is 0 Å². The molecule has 0 aromatic rings. The molecule has 2 rings (SSSR count). The molecule has 2 aliphatic rings. The Morgan fingerprint density at radius 1 is 1.14 bits per heavy atom. The normalized spacial score (nSPS) is 43.3. The van der Waals surface area contributed by atoms with Gasteiger partial charge in [-0.25, -0.2) is 0 Å². The third-order valence-corrected chi connectivity index (χ3v) is 4.64. The van der Waals surface area contributed by atoms with Crippen LogP contribution in [0.2, 0.25) is 0 Å². The second-order valence-corrected chi connectivity index (χ2v) is 5.13. The maximum absolute atomic E-state index is 9.43. The summed E-state index contributed by atoms with van der Waals surface area (Å²) in [5, 5.41) is 9.43. The Kier molecular flexibility index (Phi) is 3.13. The minimum absolute atomic E-state index is 0.421. The molecule has 0 bridgehead atoms. The van der Waals surface area contributed by atoms with Crippen LogP contribution in [-0.2, 0) is 0 Å². The standard InChI is InChI=1S/C12H24NO/c1-2-13-8-4-3-7-12(13)11(10-14)6-5-9-13/h11-12,14H,2-10H2,1H3/q+1/t11-,12-,13+/m0/s1. The summed E-state index contributed by atoms with van der Waals surface area (Å²) in [5.41, 5.74) is 0. The molecule has 2 nitrogen and oxygen atoms in total. The van der Waals surface area contributed by atoms with Crippen LogP contribution in [0.4, 0.5) is 0 Å². The van der Waals surface area contributed by atoms with Gasteiger partial charge in [-0.15, -0.1) is 0 Å². The summed E-state index contributed by atoms with van der Waals surface area (Å²) in [6, 6.07) is 0.785. The maximum Gasteiger partial charge on any atom is 0.0941 e. The highest BCUT2D eigenvalue weighted by atomic mass is 16.3. The van der Waals surface area contributed by atoms with Gasteiger partial charge in [0.05, 0.1) is 32.3 Å². The van der Waals surface area contributed by atoms with Crippen molar-refractivity contribution in [2.45, 2.75) is 45.1 Å². The Balaban J connectivity index is 2.15. The Bertz CT molecular complexity index is 191. The van der Waals surface area contributed by atoms with Crippen LogP contribution in [-0.4, -0.2) is 41.9 Å². The minimum atomic E-state index is 0.421. The summed E-state index contributed by atoms with van der Waals surface area (Å²) in [5.74, 6) is 0.601. The average Bonchev–Trinajstić information content (AvgIpc) is 2.28. The van der Waals surface area contributed by atoms with Gasteiger partial charge in [-0.3, -0.25) is 0 Å². The first-order valence-corrected chi connectivity index (χ1v) is 6.29. The summed E-state index contributed by atoms with van der Waals surface area (Å²) in [6.45, 7) is 6.78. The van der Waals surface area contributed by atoms with E-state index in [1.807, 2.05) is 0 Å². The molecule has 82 valence electrons. The van der Waals surface area contributed by atoms with E-state index >= 15 is 0 Å². The van der Waals surface area contributed by atoms with Crippen LogP contribution in [0.5, 0.6) is 0 Å². The number of fused-ring (bicyclic) bond motifs is 1. The van der Waals surface area contributed by atoms with Crippen molar-refractivity contribution in [3.63, 3.8) is 0 Å². The molecular weight excluding hydrogens is 174 g/mol. The van der Waals surface area contributed by atoms with E-state index in [-0.39, 0.29) is 0 Å². The zero-order valence-corrected chi connectivity index (χ0v) is 9.41. The van der Waals surface area contributed by atoms with Gasteiger partial charge >= 0.3 is 0 Å². The molecule has 0 aromatic carbocycles. The van der Waals surface area contributed by atoms with Crippen LogP contribution in [0.1, 0.15) is 39.0 Å². The predicted octanol–water partition coefficient (Wildman–Crippen LogP) is 1.78. The van der Waals surface area contributed by atoms with Gasteiger partial charge in [-0.2, -0.15) is 0 Å². The third kappa shape index (κ3) is 1.59. The first kappa shape index (κ1) is 10.4. The number of hydrogen-bond acceptors (Lipinski definition) is 1. The van der Waals surface area contributed by atoms with Gasteiger partial charge in [-0.1, -0.05) is 0 Å². The summed E-state index contributed by atoms with van der Waals surface area (Å²) in [7, 11) is 0. The molecule has 2 aliphatic heterocycles. The molecule has 0 aromatic heterocycles. The fraction of sp³-hybridized carbons (Fsp3) is 1.00. The molecule has 0 amide bonds. The number of aliphatic hydroxyl groups excluding tert-OH is 1. The highest BCUT2D eigenvalue weighted by Crippen LogP contribution is 2.36. The predicted molar refractivity (Wildman–Crippen MR) is 58.0 cm³/mol. The van der Waals surface area contributed by atoms with Crippen LogP contribution in [0.3, 0.4) is 0 Å². The molecule has 14 heavy (non-hydrogen) atoms. The summed E-state index contributed by atoms with van der Waals surface area (Å²) < 4.78 is 1.32. The maximum atomic E-state index is 9.43. The number of nitrogens with zero attached hydrogens (tertiary/aromatic N) is 1. The smallest absolute Gasteiger partial charge is 0.0941 e. The van der Waals surface area contributed by atoms with E-state index in [0.717, 1.165) is 6.04 Å². The number of quaternary nitrogens is 1. The molecule has 2 heteroatoms. The molecule has 0 spiro atoms. The van der Waals surface area contributed by atoms with E-state index in [9.17, 15) is 5.11 Å². The van der Waals surface area contributed by atoms with Gasteiger partial charge in [0.15, 0.2) is 0 Å². The van der Waals surface area contributed by atoms with Crippen LogP contribution in [0, 0.1) is 5.92 Å². The van der Waals surface area contributed by atoms with Gasteiger partial charge in [-0.05, 0) is 32.6 Å². The monoisotopic (exact) mass is 198 g/mol. The van der Waals surface area contributed by atoms with Gasteiger partial charge in [0, 0.05) is 12.3 Å². The van der Waals surface area contributed by atoms with E-state index in [0.29, 0.717) is 12.5 Å². The Morgan fingerprint density at radius 2 is 1.93 bits per heavy atom. The largest absolute Gasteiger partial charge is 0.396 e. The van der Waals surface area contributed by atoms with Crippen LogP contribution >= 0.6 is 0 Å². The first-order valence-electron chi connectivity index (χ1n) is 6.29. The lowest BCUT2D eigenvalue weighted by molar-refractivity contribution is -0.963. The molecule has 0 saturated carbocycles. The number of aliphatic hydroxyl groups is 1. The highest BCUT2D eigenvalue weighted by molar-refractivity contribution is 4.78. The Hall–Kier alpha value is -0.0800. The van der Waals surface area contributed by atoms with Gasteiger partial charge < -0.3 is 9.59 Å². The average molecular weight is 198 g/mol. The molecule has 2 fully saturated rings. The molecule has 2 heterocycles. The van der Waals surface area contributed by atoms with E-state index in [1.54, 1.807) is 0 Å². The fourth-order valence-corrected chi connectivity index (χ4v) is 3.80. The van der Waals surface area contributed by atoms with Crippen molar-refractivity contribution in [2.75, 3.05) is 26.2 Å². The van der Waals surface area contributed by atoms with Gasteiger partial charge in [0.25, 0.3) is 0 Å². The first-order chi connectivity index (χ1) is 6.82. The van der Waals surface area contributed by atoms with Crippen molar-refractivity contribution < 1.29 is 9.59 Å². The van der Waals surface area contributed by atoms with E-state index < -0.39 is 0 Å². The molecule has 0 aliphatic carbocycles. The van der Waals surface area contributed by atoms with Crippen LogP contribution < -0.4 is 0 Å². The molecule has 3 atom stereocenters. The summed E-state index contributed by atoms with van der Waals surface area (Å²) >= 11 is 0. The quantitative estimate of drug-likeness (QED) is 0.671. The lowest BCUT2D eigenvalue weighted by Gasteiger charge is -2.53. The zero-order chi connectivity index (χ0) is 10.0. The number of piperidine rings is 2. The van der Waals surface area contributed by atoms with Gasteiger partial charge in [0.1, 0.15) is 0 Å². The second kappa shape index (κ2) is 4.19. The van der Waals surface area contributed by atoms with Crippen molar-refractivity contribution >= 4 is 0 Å². The number of rotatable bonds is 2. The van der Waals surface area contributed by atoms with Gasteiger partial charge in [0.2, 0.25) is 0 Å². The highest BCUT2D eigenvalue weighted by Gasteiger charge is 2.44. The van der Waals surface area contributed by atoms with Crippen molar-refractivity contribution in [2.24, 2.45) is 5.92 Å². The lowest BCUT2D eigenvalue weighted by Crippen LogP contribution is -2.63. The summed E-state index contributed by atoms with van der Waals surface area (Å²) in [6.07, 6.45) is 6.75. The lowest BCUT2D eigenvalue weighted by atomic mass is 9.81. The van der Waals surface area contributed by atoms with Crippen molar-refractivity contribution in [1.82, 2.24) is 0 Å². The SMILES string of the molecule is CC[N@+]12CCCC[C@H]1[C@H](CO)CCC2. The second-order valence-electron chi connectivity index (χ2n) is 5.13. The molecular formula is C12H24NO+. The zero-order valence-electron chi connectivity index (χ0n) is 9.41. The van der Waals surface area contributed by atoms with E-state index in [4.69, 9.17) is 0 Å². The minimum Gasteiger partial charge on any atom is -0.396 e. The fourth-order valence-electron chi connectivity index (χ4n) is 3.80. The Labute approximate surface area is 87.5 Å². The van der Waals surface area contributed by atoms with Crippen molar-refractivity contribution in [3.05, 3.63) is 0 Å². The van der Waals surface area contributed by atoms with E-state index in [2.05, 4.69) is 6.92 Å². The topological polar surface area (TPSA) is 20.2 Å². The van der Waals surface area contributed by atoms with Crippen LogP contribution in [0.25, 0.3) is 0 Å². The van der Waals surface area contributed by atoms with Crippen molar-refractivity contribution in [3.8, 4) is 0 Å². The van der Waals surface area contributed by atoms with E-state index in [1.165, 1.54) is 56.2 Å².